The topological polar surface area (TPSA) is 149 Å². The van der Waals surface area contributed by atoms with E-state index in [0.29, 0.717) is 24.0 Å². The van der Waals surface area contributed by atoms with Gasteiger partial charge >= 0.3 is 17.9 Å². The van der Waals surface area contributed by atoms with Crippen LogP contribution in [0.4, 0.5) is 0 Å². The number of carbonyl (C=O) groups excluding carboxylic acids is 4. The lowest BCUT2D eigenvalue weighted by Crippen LogP contribution is -2.53. The Morgan fingerprint density at radius 2 is 1.83 bits per heavy atom. The van der Waals surface area contributed by atoms with Gasteiger partial charge in [0.15, 0.2) is 5.76 Å². The second kappa shape index (κ2) is 10.6. The zero-order valence-corrected chi connectivity index (χ0v) is 25.1. The van der Waals surface area contributed by atoms with Crippen LogP contribution in [-0.2, 0) is 38.1 Å². The van der Waals surface area contributed by atoms with Gasteiger partial charge in [0.1, 0.15) is 24.9 Å². The number of Topliss-reactive ketones (excluding diaryl/α,β-unsaturated/α-hetero) is 1. The summed E-state index contributed by atoms with van der Waals surface area (Å²) in [7, 11) is 2.99. The van der Waals surface area contributed by atoms with Crippen molar-refractivity contribution in [2.24, 2.45) is 16.7 Å². The molecule has 5 atom stereocenters. The van der Waals surface area contributed by atoms with Crippen molar-refractivity contribution in [1.82, 2.24) is 4.90 Å². The molecular formula is C30H41NO10. The molecular weight excluding hydrogens is 534 g/mol. The van der Waals surface area contributed by atoms with Crippen molar-refractivity contribution in [3.05, 3.63) is 33.7 Å². The minimum absolute atomic E-state index is 0.0416. The fraction of sp³-hybridized carbons (Fsp3) is 0.667. The number of aliphatic hydroxyl groups is 2. The number of likely N-dealkylation sites (N-methyl/N-ethyl adjacent to an activating group) is 1. The van der Waals surface area contributed by atoms with Crippen LogP contribution in [0.2, 0.25) is 0 Å². The molecule has 11 nitrogen and oxygen atoms in total. The number of fused-ring (bicyclic) bond motifs is 4. The molecule has 4 rings (SSSR count). The largest absolute Gasteiger partial charge is 0.504 e. The summed E-state index contributed by atoms with van der Waals surface area (Å²) in [5, 5.41) is 22.5. The number of cyclic esters (lactones) is 1. The minimum atomic E-state index is -1.24. The van der Waals surface area contributed by atoms with Crippen LogP contribution < -0.4 is 0 Å². The van der Waals surface area contributed by atoms with Gasteiger partial charge in [0, 0.05) is 37.6 Å². The van der Waals surface area contributed by atoms with Gasteiger partial charge in [-0.15, -0.1) is 0 Å². The predicted octanol–water partition coefficient (Wildman–Crippen LogP) is 2.53. The summed E-state index contributed by atoms with van der Waals surface area (Å²) in [5.41, 5.74) is -1.78. The van der Waals surface area contributed by atoms with E-state index in [0.717, 1.165) is 0 Å². The molecule has 11 heteroatoms. The van der Waals surface area contributed by atoms with E-state index in [-0.39, 0.29) is 48.9 Å². The van der Waals surface area contributed by atoms with Crippen molar-refractivity contribution in [3.8, 4) is 0 Å². The molecule has 0 aromatic heterocycles. The normalized spacial score (nSPS) is 32.6. The van der Waals surface area contributed by atoms with E-state index in [1.807, 2.05) is 6.92 Å². The molecule has 1 heterocycles. The van der Waals surface area contributed by atoms with Crippen LogP contribution in [0.5, 0.6) is 0 Å². The van der Waals surface area contributed by atoms with E-state index in [9.17, 15) is 29.4 Å². The maximum atomic E-state index is 14.0. The second-order valence-electron chi connectivity index (χ2n) is 12.9. The van der Waals surface area contributed by atoms with Crippen LogP contribution in [0.3, 0.4) is 0 Å². The Kier molecular flexibility index (Phi) is 7.94. The summed E-state index contributed by atoms with van der Waals surface area (Å²) in [6.45, 7) is 9.52. The summed E-state index contributed by atoms with van der Waals surface area (Å²) in [6, 6.07) is 0. The van der Waals surface area contributed by atoms with Crippen molar-refractivity contribution >= 4 is 23.7 Å². The van der Waals surface area contributed by atoms with Gasteiger partial charge in [-0.1, -0.05) is 6.92 Å². The first-order chi connectivity index (χ1) is 19.0. The number of carbonyl (C=O) groups is 4. The number of ketones is 1. The van der Waals surface area contributed by atoms with Gasteiger partial charge in [-0.2, -0.15) is 0 Å². The van der Waals surface area contributed by atoms with Crippen LogP contribution >= 0.6 is 0 Å². The molecule has 3 aliphatic carbocycles. The number of ether oxygens (including phenoxy) is 4. The van der Waals surface area contributed by atoms with Crippen molar-refractivity contribution in [2.45, 2.75) is 78.6 Å². The fourth-order valence-corrected chi connectivity index (χ4v) is 7.07. The molecule has 226 valence electrons. The van der Waals surface area contributed by atoms with E-state index >= 15 is 0 Å². The van der Waals surface area contributed by atoms with Gasteiger partial charge < -0.3 is 34.1 Å². The van der Waals surface area contributed by atoms with E-state index < -0.39 is 58.1 Å². The van der Waals surface area contributed by atoms with Crippen molar-refractivity contribution in [1.29, 1.82) is 0 Å². The number of aliphatic hydroxyl groups excluding tert-OH is 2. The Labute approximate surface area is 240 Å². The number of hydrogen-bond acceptors (Lipinski definition) is 11. The first-order valence-electron chi connectivity index (χ1n) is 13.9. The number of rotatable bonds is 6. The molecule has 1 aliphatic heterocycles. The molecule has 2 N–H and O–H groups in total. The number of esters is 3. The van der Waals surface area contributed by atoms with Gasteiger partial charge in [0.25, 0.3) is 0 Å². The average Bonchev–Trinajstić information content (AvgIpc) is 3.13. The van der Waals surface area contributed by atoms with Crippen molar-refractivity contribution in [3.63, 3.8) is 0 Å². The highest BCUT2D eigenvalue weighted by atomic mass is 16.6. The van der Waals surface area contributed by atoms with Gasteiger partial charge in [-0.3, -0.25) is 14.4 Å². The zero-order chi connectivity index (χ0) is 30.7. The third-order valence-electron chi connectivity index (χ3n) is 8.79. The standard InChI is InChI=1S/C30H41NO10/c1-15(32)40-18-11-29(5)16(9-10-19(29)33)21-23(18)30(6)14-39-27(37)22(24(30)26(36)25(21)35)17(13-38-8)31(7)12-20(34)41-28(2,3)4/h16,18-19,33,36H,9-14H2,1-8H3. The van der Waals surface area contributed by atoms with Crippen LogP contribution in [0.15, 0.2) is 33.7 Å². The molecule has 0 radical (unpaired) electrons. The van der Waals surface area contributed by atoms with E-state index in [2.05, 4.69) is 0 Å². The number of hydrogen-bond donors (Lipinski definition) is 2. The highest BCUT2D eigenvalue weighted by Gasteiger charge is 2.62. The van der Waals surface area contributed by atoms with Crippen LogP contribution in [0, 0.1) is 16.7 Å². The van der Waals surface area contributed by atoms with Gasteiger partial charge in [0.2, 0.25) is 5.78 Å². The van der Waals surface area contributed by atoms with Gasteiger partial charge in [0.05, 0.1) is 29.4 Å². The van der Waals surface area contributed by atoms with E-state index in [1.54, 1.807) is 34.7 Å². The molecule has 0 amide bonds. The Balaban J connectivity index is 1.91. The lowest BCUT2D eigenvalue weighted by molar-refractivity contribution is -0.155. The molecule has 2 fully saturated rings. The van der Waals surface area contributed by atoms with Crippen molar-refractivity contribution < 1.29 is 48.3 Å². The van der Waals surface area contributed by atoms with Gasteiger partial charge in [-0.05, 0) is 58.4 Å². The third-order valence-corrected chi connectivity index (χ3v) is 8.79. The monoisotopic (exact) mass is 575 g/mol. The Hall–Kier alpha value is -3.18. The lowest BCUT2D eigenvalue weighted by atomic mass is 9.55. The highest BCUT2D eigenvalue weighted by Crippen LogP contribution is 2.62. The van der Waals surface area contributed by atoms with Gasteiger partial charge in [-0.25, -0.2) is 4.79 Å². The molecule has 0 aromatic rings. The lowest BCUT2D eigenvalue weighted by Gasteiger charge is -2.52. The first-order valence-corrected chi connectivity index (χ1v) is 13.9. The molecule has 0 bridgehead atoms. The molecule has 1 saturated heterocycles. The number of allylic oxidation sites excluding steroid dienone is 1. The summed E-state index contributed by atoms with van der Waals surface area (Å²) < 4.78 is 22.3. The first kappa shape index (κ1) is 30.8. The minimum Gasteiger partial charge on any atom is -0.504 e. The van der Waals surface area contributed by atoms with Crippen molar-refractivity contribution in [2.75, 3.05) is 33.9 Å². The molecule has 0 spiro atoms. The molecule has 1 saturated carbocycles. The molecule has 5 unspecified atom stereocenters. The summed E-state index contributed by atoms with van der Waals surface area (Å²) in [6.07, 6.45) is -0.368. The molecule has 41 heavy (non-hydrogen) atoms. The maximum Gasteiger partial charge on any atom is 0.340 e. The highest BCUT2D eigenvalue weighted by molar-refractivity contribution is 6.13. The summed E-state index contributed by atoms with van der Waals surface area (Å²) in [5.74, 6) is -3.56. The third kappa shape index (κ3) is 5.18. The van der Waals surface area contributed by atoms with Crippen LogP contribution in [0.25, 0.3) is 0 Å². The second-order valence-corrected chi connectivity index (χ2v) is 12.9. The van der Waals surface area contributed by atoms with Crippen LogP contribution in [-0.4, -0.2) is 90.5 Å². The van der Waals surface area contributed by atoms with Crippen LogP contribution in [0.1, 0.15) is 60.8 Å². The SMILES string of the molecule is COCC(=C1C(=O)OCC2(C)C1=C(O)C(=O)C1=C2C(OC(C)=O)CC2(C)C(O)CCC12)N(C)CC(=O)OC(C)(C)C. The fourth-order valence-electron chi connectivity index (χ4n) is 7.07. The molecule has 0 aromatic carbocycles. The quantitative estimate of drug-likeness (QED) is 0.273. The molecule has 4 aliphatic rings. The van der Waals surface area contributed by atoms with E-state index in [4.69, 9.17) is 18.9 Å². The Morgan fingerprint density at radius 1 is 1.17 bits per heavy atom. The van der Waals surface area contributed by atoms with E-state index in [1.165, 1.54) is 18.9 Å². The number of methoxy groups -OCH3 is 1. The zero-order valence-electron chi connectivity index (χ0n) is 25.1. The average molecular weight is 576 g/mol. The smallest absolute Gasteiger partial charge is 0.340 e. The summed E-state index contributed by atoms with van der Waals surface area (Å²) in [4.78, 5) is 53.8. The predicted molar refractivity (Wildman–Crippen MR) is 145 cm³/mol. The Bertz CT molecular complexity index is 1270. The number of nitrogens with zero attached hydrogens (tertiary/aromatic N) is 1. The summed E-state index contributed by atoms with van der Waals surface area (Å²) >= 11 is 0. The Morgan fingerprint density at radius 3 is 2.41 bits per heavy atom. The maximum absolute atomic E-state index is 14.0.